The van der Waals surface area contributed by atoms with Crippen LogP contribution in [-0.4, -0.2) is 49.8 Å². The number of nitrogens with zero attached hydrogens (tertiary/aromatic N) is 1. The van der Waals surface area contributed by atoms with Gasteiger partial charge in [-0.25, -0.2) is 4.39 Å². The third kappa shape index (κ3) is 3.89. The molecule has 19 heavy (non-hydrogen) atoms. The Hall–Kier alpha value is -1.17. The summed E-state index contributed by atoms with van der Waals surface area (Å²) in [6.45, 7) is 4.28. The minimum Gasteiger partial charge on any atom is -0.496 e. The van der Waals surface area contributed by atoms with Crippen molar-refractivity contribution in [2.24, 2.45) is 0 Å². The highest BCUT2D eigenvalue weighted by atomic mass is 19.1. The molecule has 1 aromatic rings. The van der Waals surface area contributed by atoms with E-state index in [0.29, 0.717) is 17.9 Å². The molecular weight excluding hydrogens is 247 g/mol. The molecule has 1 aliphatic heterocycles. The highest BCUT2D eigenvalue weighted by Crippen LogP contribution is 2.26. The van der Waals surface area contributed by atoms with Gasteiger partial charge in [0.25, 0.3) is 0 Å². The predicted molar refractivity (Wildman–Crippen MR) is 71.8 cm³/mol. The summed E-state index contributed by atoms with van der Waals surface area (Å²) in [6, 6.07) is 4.24. The molecule has 1 aliphatic rings. The molecule has 0 aliphatic carbocycles. The van der Waals surface area contributed by atoms with E-state index in [-0.39, 0.29) is 5.82 Å². The number of hydrogen-bond donors (Lipinski definition) is 2. The van der Waals surface area contributed by atoms with Crippen molar-refractivity contribution in [2.75, 3.05) is 39.8 Å². The fourth-order valence-electron chi connectivity index (χ4n) is 2.39. The highest BCUT2D eigenvalue weighted by Gasteiger charge is 2.18. The molecule has 1 unspecified atom stereocenters. The fraction of sp³-hybridized carbons (Fsp3) is 0.571. The molecule has 1 aromatic carbocycles. The third-order valence-corrected chi connectivity index (χ3v) is 3.41. The average Bonchev–Trinajstić information content (AvgIpc) is 2.67. The molecule has 5 heteroatoms. The van der Waals surface area contributed by atoms with Gasteiger partial charge in [0.1, 0.15) is 11.6 Å². The summed E-state index contributed by atoms with van der Waals surface area (Å²) >= 11 is 0. The molecule has 1 saturated heterocycles. The number of aliphatic hydroxyl groups excluding tert-OH is 1. The zero-order chi connectivity index (χ0) is 13.7. The maximum Gasteiger partial charge on any atom is 0.124 e. The van der Waals surface area contributed by atoms with Crippen LogP contribution >= 0.6 is 0 Å². The van der Waals surface area contributed by atoms with Gasteiger partial charge in [-0.3, -0.25) is 4.90 Å². The third-order valence-electron chi connectivity index (χ3n) is 3.41. The van der Waals surface area contributed by atoms with E-state index < -0.39 is 6.10 Å². The van der Waals surface area contributed by atoms with E-state index in [4.69, 9.17) is 4.74 Å². The van der Waals surface area contributed by atoms with Crippen LogP contribution in [0.1, 0.15) is 18.1 Å². The molecule has 0 saturated carbocycles. The topological polar surface area (TPSA) is 44.7 Å². The number of hydrogen-bond acceptors (Lipinski definition) is 4. The Kier molecular flexibility index (Phi) is 5.13. The van der Waals surface area contributed by atoms with E-state index in [1.54, 1.807) is 6.07 Å². The number of rotatable bonds is 4. The van der Waals surface area contributed by atoms with Gasteiger partial charge in [-0.1, -0.05) is 0 Å². The highest BCUT2D eigenvalue weighted by molar-refractivity contribution is 5.35. The van der Waals surface area contributed by atoms with Crippen molar-refractivity contribution in [2.45, 2.75) is 12.5 Å². The van der Waals surface area contributed by atoms with Crippen LogP contribution in [0.25, 0.3) is 0 Å². The summed E-state index contributed by atoms with van der Waals surface area (Å²) in [5.41, 5.74) is 0.514. The molecule has 2 rings (SSSR count). The van der Waals surface area contributed by atoms with E-state index in [1.165, 1.54) is 19.2 Å². The Morgan fingerprint density at radius 1 is 1.42 bits per heavy atom. The van der Waals surface area contributed by atoms with E-state index >= 15 is 0 Å². The van der Waals surface area contributed by atoms with E-state index in [0.717, 1.165) is 32.6 Å². The molecule has 0 amide bonds. The van der Waals surface area contributed by atoms with Gasteiger partial charge in [-0.2, -0.15) is 0 Å². The first-order valence-electron chi connectivity index (χ1n) is 6.65. The van der Waals surface area contributed by atoms with Crippen molar-refractivity contribution >= 4 is 0 Å². The monoisotopic (exact) mass is 268 g/mol. The Labute approximate surface area is 113 Å². The molecule has 1 fully saturated rings. The lowest BCUT2D eigenvalue weighted by Gasteiger charge is -2.24. The summed E-state index contributed by atoms with van der Waals surface area (Å²) in [7, 11) is 1.53. The van der Waals surface area contributed by atoms with Crippen molar-refractivity contribution in [3.05, 3.63) is 29.6 Å². The molecule has 1 heterocycles. The molecule has 1 atom stereocenters. The minimum absolute atomic E-state index is 0.354. The maximum absolute atomic E-state index is 13.3. The second kappa shape index (κ2) is 6.84. The van der Waals surface area contributed by atoms with Gasteiger partial charge in [-0.05, 0) is 37.7 Å². The van der Waals surface area contributed by atoms with Crippen LogP contribution in [0.5, 0.6) is 5.75 Å². The average molecular weight is 268 g/mol. The van der Waals surface area contributed by atoms with E-state index in [1.807, 2.05) is 0 Å². The van der Waals surface area contributed by atoms with Crippen LogP contribution in [0.3, 0.4) is 0 Å². The van der Waals surface area contributed by atoms with Gasteiger partial charge in [0, 0.05) is 25.2 Å². The van der Waals surface area contributed by atoms with Crippen LogP contribution in [0, 0.1) is 5.82 Å². The number of aliphatic hydroxyl groups is 1. The van der Waals surface area contributed by atoms with Gasteiger partial charge < -0.3 is 15.2 Å². The second-order valence-corrected chi connectivity index (χ2v) is 4.81. The van der Waals surface area contributed by atoms with Crippen LogP contribution in [-0.2, 0) is 0 Å². The normalized spacial score (nSPS) is 18.9. The smallest absolute Gasteiger partial charge is 0.124 e. The first kappa shape index (κ1) is 14.2. The van der Waals surface area contributed by atoms with Crippen molar-refractivity contribution < 1.29 is 14.2 Å². The second-order valence-electron chi connectivity index (χ2n) is 4.81. The molecule has 0 spiro atoms. The summed E-state index contributed by atoms with van der Waals surface area (Å²) < 4.78 is 18.5. The van der Waals surface area contributed by atoms with Crippen LogP contribution in [0.2, 0.25) is 0 Å². The van der Waals surface area contributed by atoms with Crippen LogP contribution in [0.4, 0.5) is 4.39 Å². The Morgan fingerprint density at radius 3 is 3.05 bits per heavy atom. The first-order valence-corrected chi connectivity index (χ1v) is 6.65. The summed E-state index contributed by atoms with van der Waals surface area (Å²) in [5.74, 6) is 0.175. The quantitative estimate of drug-likeness (QED) is 0.860. The van der Waals surface area contributed by atoms with E-state index in [2.05, 4.69) is 10.2 Å². The van der Waals surface area contributed by atoms with Crippen LogP contribution < -0.4 is 10.1 Å². The number of ether oxygens (including phenoxy) is 1. The number of nitrogens with one attached hydrogen (secondary N) is 1. The van der Waals surface area contributed by atoms with Gasteiger partial charge in [-0.15, -0.1) is 0 Å². The number of halogens is 1. The summed E-state index contributed by atoms with van der Waals surface area (Å²) in [5, 5.41) is 13.6. The number of methoxy groups -OCH3 is 1. The Balaban J connectivity index is 2.05. The standard InChI is InChI=1S/C14H21FN2O2/c1-19-14-4-3-11(15)9-12(14)13(18)10-17-7-2-5-16-6-8-17/h3-4,9,13,16,18H,2,5-8,10H2,1H3. The van der Waals surface area contributed by atoms with Gasteiger partial charge >= 0.3 is 0 Å². The molecule has 2 N–H and O–H groups in total. The zero-order valence-electron chi connectivity index (χ0n) is 11.2. The maximum atomic E-state index is 13.3. The summed E-state index contributed by atoms with van der Waals surface area (Å²) in [6.07, 6.45) is 0.330. The van der Waals surface area contributed by atoms with Crippen molar-refractivity contribution in [3.8, 4) is 5.75 Å². The minimum atomic E-state index is -0.733. The predicted octanol–water partition coefficient (Wildman–Crippen LogP) is 1.16. The Bertz CT molecular complexity index is 406. The molecule has 4 nitrogen and oxygen atoms in total. The number of β-amino-alcohol motifs (C(OH)–C–C–N with tert-alkyl or cyclic N) is 1. The van der Waals surface area contributed by atoms with Gasteiger partial charge in [0.05, 0.1) is 13.2 Å². The van der Waals surface area contributed by atoms with Gasteiger partial charge in [0.2, 0.25) is 0 Å². The van der Waals surface area contributed by atoms with E-state index in [9.17, 15) is 9.50 Å². The molecular formula is C14H21FN2O2. The lowest BCUT2D eigenvalue weighted by molar-refractivity contribution is 0.114. The van der Waals surface area contributed by atoms with Crippen molar-refractivity contribution in [1.82, 2.24) is 10.2 Å². The molecule has 0 bridgehead atoms. The lowest BCUT2D eigenvalue weighted by Crippen LogP contribution is -2.32. The molecule has 0 radical (unpaired) electrons. The van der Waals surface area contributed by atoms with Crippen LogP contribution in [0.15, 0.2) is 18.2 Å². The fourth-order valence-corrected chi connectivity index (χ4v) is 2.39. The lowest BCUT2D eigenvalue weighted by atomic mass is 10.1. The molecule has 0 aromatic heterocycles. The zero-order valence-corrected chi connectivity index (χ0v) is 11.2. The molecule has 106 valence electrons. The van der Waals surface area contributed by atoms with Crippen molar-refractivity contribution in [1.29, 1.82) is 0 Å². The SMILES string of the molecule is COc1ccc(F)cc1C(O)CN1CCCNCC1. The summed E-state index contributed by atoms with van der Waals surface area (Å²) in [4.78, 5) is 2.19. The first-order chi connectivity index (χ1) is 9.20. The Morgan fingerprint density at radius 2 is 2.26 bits per heavy atom. The van der Waals surface area contributed by atoms with Gasteiger partial charge in [0.15, 0.2) is 0 Å². The largest absolute Gasteiger partial charge is 0.496 e. The van der Waals surface area contributed by atoms with Crippen molar-refractivity contribution in [3.63, 3.8) is 0 Å². The number of benzene rings is 1.